The third-order valence-corrected chi connectivity index (χ3v) is 2.66. The first-order valence-corrected chi connectivity index (χ1v) is 4.95. The molecule has 0 aromatic heterocycles. The maximum atomic E-state index is 10.8. The molecular formula is C10H19N2O. The first-order valence-electron chi connectivity index (χ1n) is 4.95. The first kappa shape index (κ1) is 10.7. The molecule has 0 spiro atoms. The summed E-state index contributed by atoms with van der Waals surface area (Å²) in [7, 11) is 2.12. The number of rotatable bonds is 4. The van der Waals surface area contributed by atoms with E-state index < -0.39 is 0 Å². The smallest absolute Gasteiger partial charge is 0.137 e. The first-order chi connectivity index (χ1) is 6.27. The Kier molecular flexibility index (Phi) is 4.39. The average molecular weight is 183 g/mol. The predicted octanol–water partition coefficient (Wildman–Crippen LogP) is 0.416. The molecule has 0 saturated carbocycles. The third-order valence-electron chi connectivity index (χ3n) is 2.66. The van der Waals surface area contributed by atoms with Crippen molar-refractivity contribution in [3.8, 4) is 0 Å². The Morgan fingerprint density at radius 1 is 1.38 bits per heavy atom. The molecular weight excluding hydrogens is 164 g/mol. The normalized spacial score (nSPS) is 22.9. The van der Waals surface area contributed by atoms with Crippen LogP contribution >= 0.6 is 0 Å². The van der Waals surface area contributed by atoms with Gasteiger partial charge in [-0.3, -0.25) is 4.90 Å². The van der Waals surface area contributed by atoms with Crippen molar-refractivity contribution in [2.75, 3.05) is 33.2 Å². The second kappa shape index (κ2) is 5.35. The van der Waals surface area contributed by atoms with Crippen molar-refractivity contribution in [2.45, 2.75) is 18.9 Å². The molecule has 1 aliphatic rings. The van der Waals surface area contributed by atoms with Crippen LogP contribution in [0.25, 0.3) is 0 Å². The zero-order chi connectivity index (χ0) is 9.68. The van der Waals surface area contributed by atoms with Gasteiger partial charge in [0, 0.05) is 26.2 Å². The molecule has 1 saturated heterocycles. The van der Waals surface area contributed by atoms with E-state index in [1.54, 1.807) is 0 Å². The van der Waals surface area contributed by atoms with Crippen molar-refractivity contribution >= 4 is 6.29 Å². The molecule has 0 amide bonds. The minimum absolute atomic E-state index is 0.103. The lowest BCUT2D eigenvalue weighted by atomic mass is 10.1. The fraction of sp³-hybridized carbons (Fsp3) is 0.800. The van der Waals surface area contributed by atoms with Crippen molar-refractivity contribution in [2.24, 2.45) is 0 Å². The van der Waals surface area contributed by atoms with Crippen molar-refractivity contribution in [3.05, 3.63) is 6.92 Å². The molecule has 75 valence electrons. The van der Waals surface area contributed by atoms with Crippen molar-refractivity contribution < 1.29 is 4.79 Å². The highest BCUT2D eigenvalue weighted by atomic mass is 16.1. The molecule has 1 rings (SSSR count). The van der Waals surface area contributed by atoms with Gasteiger partial charge < -0.3 is 9.69 Å². The van der Waals surface area contributed by atoms with Gasteiger partial charge in [0.1, 0.15) is 6.29 Å². The Labute approximate surface area is 80.7 Å². The van der Waals surface area contributed by atoms with Gasteiger partial charge in [0.2, 0.25) is 0 Å². The van der Waals surface area contributed by atoms with Crippen LogP contribution < -0.4 is 0 Å². The number of aldehydes is 1. The summed E-state index contributed by atoms with van der Waals surface area (Å²) >= 11 is 0. The third kappa shape index (κ3) is 3.08. The number of likely N-dealkylation sites (N-methyl/N-ethyl adjacent to an activating group) is 1. The summed E-state index contributed by atoms with van der Waals surface area (Å²) in [6.07, 6.45) is 2.81. The van der Waals surface area contributed by atoms with Crippen LogP contribution in [0.15, 0.2) is 0 Å². The zero-order valence-corrected chi connectivity index (χ0v) is 8.41. The van der Waals surface area contributed by atoms with E-state index in [9.17, 15) is 4.79 Å². The van der Waals surface area contributed by atoms with E-state index >= 15 is 0 Å². The molecule has 3 nitrogen and oxygen atoms in total. The number of carbonyl (C=O) groups excluding carboxylic acids is 1. The lowest BCUT2D eigenvalue weighted by Gasteiger charge is -2.35. The fourth-order valence-electron chi connectivity index (χ4n) is 1.70. The van der Waals surface area contributed by atoms with E-state index in [4.69, 9.17) is 0 Å². The SMILES string of the molecule is [CH2]CCC(C=O)N1CCN(C)CC1. The Bertz CT molecular complexity index is 153. The summed E-state index contributed by atoms with van der Waals surface area (Å²) in [5.41, 5.74) is 0. The van der Waals surface area contributed by atoms with E-state index in [-0.39, 0.29) is 6.04 Å². The summed E-state index contributed by atoms with van der Waals surface area (Å²) in [6, 6.07) is 0.103. The molecule has 0 N–H and O–H groups in total. The standard InChI is InChI=1S/C10H19N2O/c1-3-4-10(9-13)12-7-5-11(2)6-8-12/h9-10H,1,3-8H2,2H3. The maximum absolute atomic E-state index is 10.8. The van der Waals surface area contributed by atoms with E-state index in [2.05, 4.69) is 23.8 Å². The topological polar surface area (TPSA) is 23.6 Å². The molecule has 1 radical (unpaired) electrons. The minimum Gasteiger partial charge on any atom is -0.304 e. The molecule has 1 fully saturated rings. The Morgan fingerprint density at radius 2 is 2.00 bits per heavy atom. The number of carbonyl (C=O) groups is 1. The van der Waals surface area contributed by atoms with E-state index in [0.717, 1.165) is 45.3 Å². The number of hydrogen-bond donors (Lipinski definition) is 0. The average Bonchev–Trinajstić information content (AvgIpc) is 2.16. The number of hydrogen-bond acceptors (Lipinski definition) is 3. The second-order valence-electron chi connectivity index (χ2n) is 3.68. The fourth-order valence-corrected chi connectivity index (χ4v) is 1.70. The summed E-state index contributed by atoms with van der Waals surface area (Å²) in [4.78, 5) is 15.3. The molecule has 0 aliphatic carbocycles. The van der Waals surface area contributed by atoms with Gasteiger partial charge in [-0.1, -0.05) is 13.3 Å². The molecule has 3 heteroatoms. The van der Waals surface area contributed by atoms with Crippen LogP contribution in [0.1, 0.15) is 12.8 Å². The minimum atomic E-state index is 0.103. The Morgan fingerprint density at radius 3 is 2.46 bits per heavy atom. The van der Waals surface area contributed by atoms with Gasteiger partial charge in [-0.15, -0.1) is 0 Å². The lowest BCUT2D eigenvalue weighted by Crippen LogP contribution is -2.49. The summed E-state index contributed by atoms with van der Waals surface area (Å²) in [5.74, 6) is 0. The number of nitrogens with zero attached hydrogens (tertiary/aromatic N) is 2. The lowest BCUT2D eigenvalue weighted by molar-refractivity contribution is -0.113. The van der Waals surface area contributed by atoms with Crippen LogP contribution in [0.3, 0.4) is 0 Å². The monoisotopic (exact) mass is 183 g/mol. The highest BCUT2D eigenvalue weighted by Gasteiger charge is 2.20. The van der Waals surface area contributed by atoms with Crippen LogP contribution in [-0.4, -0.2) is 55.4 Å². The summed E-state index contributed by atoms with van der Waals surface area (Å²) in [5, 5.41) is 0. The largest absolute Gasteiger partial charge is 0.304 e. The summed E-state index contributed by atoms with van der Waals surface area (Å²) in [6.45, 7) is 7.96. The Balaban J connectivity index is 2.36. The van der Waals surface area contributed by atoms with E-state index in [1.807, 2.05) is 0 Å². The van der Waals surface area contributed by atoms with Crippen LogP contribution in [0.4, 0.5) is 0 Å². The number of piperazine rings is 1. The zero-order valence-electron chi connectivity index (χ0n) is 8.41. The highest BCUT2D eigenvalue weighted by Crippen LogP contribution is 2.07. The molecule has 1 unspecified atom stereocenters. The molecule has 1 aliphatic heterocycles. The van der Waals surface area contributed by atoms with Crippen LogP contribution in [-0.2, 0) is 4.79 Å². The molecule has 0 aromatic rings. The van der Waals surface area contributed by atoms with Gasteiger partial charge in [-0.05, 0) is 13.5 Å². The van der Waals surface area contributed by atoms with Gasteiger partial charge in [0.05, 0.1) is 6.04 Å². The molecule has 0 bridgehead atoms. The van der Waals surface area contributed by atoms with Crippen LogP contribution in [0, 0.1) is 6.92 Å². The van der Waals surface area contributed by atoms with Crippen molar-refractivity contribution in [1.82, 2.24) is 9.80 Å². The van der Waals surface area contributed by atoms with Gasteiger partial charge in [-0.2, -0.15) is 0 Å². The quantitative estimate of drug-likeness (QED) is 0.590. The summed E-state index contributed by atoms with van der Waals surface area (Å²) < 4.78 is 0. The van der Waals surface area contributed by atoms with E-state index in [1.165, 1.54) is 0 Å². The second-order valence-corrected chi connectivity index (χ2v) is 3.68. The molecule has 13 heavy (non-hydrogen) atoms. The van der Waals surface area contributed by atoms with Crippen LogP contribution in [0.2, 0.25) is 0 Å². The maximum Gasteiger partial charge on any atom is 0.137 e. The van der Waals surface area contributed by atoms with E-state index in [0.29, 0.717) is 0 Å². The molecule has 1 heterocycles. The highest BCUT2D eigenvalue weighted by molar-refractivity contribution is 5.57. The molecule has 1 atom stereocenters. The van der Waals surface area contributed by atoms with Gasteiger partial charge in [-0.25, -0.2) is 0 Å². The van der Waals surface area contributed by atoms with Crippen molar-refractivity contribution in [3.63, 3.8) is 0 Å². The Hall–Kier alpha value is -0.410. The predicted molar refractivity (Wildman–Crippen MR) is 53.5 cm³/mol. The van der Waals surface area contributed by atoms with Crippen molar-refractivity contribution in [1.29, 1.82) is 0 Å². The van der Waals surface area contributed by atoms with Gasteiger partial charge in [0.15, 0.2) is 0 Å². The van der Waals surface area contributed by atoms with Gasteiger partial charge in [0.25, 0.3) is 0 Å². The molecule has 0 aromatic carbocycles. The van der Waals surface area contributed by atoms with Gasteiger partial charge >= 0.3 is 0 Å². The van der Waals surface area contributed by atoms with Crippen LogP contribution in [0.5, 0.6) is 0 Å².